The molecule has 1 aromatic carbocycles. The number of aromatic carboxylic acids is 1. The lowest BCUT2D eigenvalue weighted by Crippen LogP contribution is -2.17. The molecule has 4 heteroatoms. The molecule has 1 aromatic rings. The summed E-state index contributed by atoms with van der Waals surface area (Å²) >= 11 is 0. The quantitative estimate of drug-likeness (QED) is 0.822. The summed E-state index contributed by atoms with van der Waals surface area (Å²) < 4.78 is 5.17. The Morgan fingerprint density at radius 3 is 2.67 bits per heavy atom. The third-order valence-electron chi connectivity index (χ3n) is 2.31. The molecule has 82 valence electrons. The fourth-order valence-electron chi connectivity index (χ4n) is 1.29. The number of hydrogen-bond donors (Lipinski definition) is 1. The minimum atomic E-state index is -0.927. The van der Waals surface area contributed by atoms with Gasteiger partial charge >= 0.3 is 5.97 Å². The summed E-state index contributed by atoms with van der Waals surface area (Å²) in [5.74, 6) is -0.243. The molecule has 0 saturated heterocycles. The van der Waals surface area contributed by atoms with Crippen LogP contribution in [0.4, 0.5) is 5.69 Å². The van der Waals surface area contributed by atoms with Crippen LogP contribution in [-0.4, -0.2) is 31.8 Å². The van der Waals surface area contributed by atoms with E-state index >= 15 is 0 Å². The molecule has 15 heavy (non-hydrogen) atoms. The third-order valence-corrected chi connectivity index (χ3v) is 2.31. The average molecular weight is 209 g/mol. The SMILES string of the molecule is CCN(C)c1cc(C(=O)O)ccc1OC. The topological polar surface area (TPSA) is 49.8 Å². The van der Waals surface area contributed by atoms with Gasteiger partial charge < -0.3 is 14.7 Å². The highest BCUT2D eigenvalue weighted by atomic mass is 16.5. The molecule has 0 aliphatic rings. The molecular weight excluding hydrogens is 194 g/mol. The molecule has 0 fully saturated rings. The molecule has 0 aromatic heterocycles. The van der Waals surface area contributed by atoms with Crippen LogP contribution in [0, 0.1) is 0 Å². The summed E-state index contributed by atoms with van der Waals surface area (Å²) in [6, 6.07) is 4.82. The Balaban J connectivity index is 3.18. The van der Waals surface area contributed by atoms with Crippen molar-refractivity contribution >= 4 is 11.7 Å². The van der Waals surface area contributed by atoms with Gasteiger partial charge in [-0.2, -0.15) is 0 Å². The van der Waals surface area contributed by atoms with Crippen molar-refractivity contribution in [2.24, 2.45) is 0 Å². The number of hydrogen-bond acceptors (Lipinski definition) is 3. The van der Waals surface area contributed by atoms with Crippen LogP contribution >= 0.6 is 0 Å². The number of carbonyl (C=O) groups is 1. The minimum absolute atomic E-state index is 0.270. The molecule has 0 spiro atoms. The normalized spacial score (nSPS) is 9.80. The van der Waals surface area contributed by atoms with Crippen molar-refractivity contribution in [1.29, 1.82) is 0 Å². The maximum Gasteiger partial charge on any atom is 0.335 e. The van der Waals surface area contributed by atoms with Crippen LogP contribution in [0.25, 0.3) is 0 Å². The van der Waals surface area contributed by atoms with E-state index in [2.05, 4.69) is 0 Å². The van der Waals surface area contributed by atoms with Crippen molar-refractivity contribution in [2.45, 2.75) is 6.92 Å². The number of carboxylic acids is 1. The Hall–Kier alpha value is -1.71. The van der Waals surface area contributed by atoms with Gasteiger partial charge in [0.15, 0.2) is 0 Å². The standard InChI is InChI=1S/C11H15NO3/c1-4-12(2)9-7-8(11(13)14)5-6-10(9)15-3/h5-7H,4H2,1-3H3,(H,13,14). The summed E-state index contributed by atoms with van der Waals surface area (Å²) in [6.45, 7) is 2.78. The predicted molar refractivity (Wildman–Crippen MR) is 58.9 cm³/mol. The van der Waals surface area contributed by atoms with E-state index in [9.17, 15) is 4.79 Å². The molecule has 0 aliphatic heterocycles. The van der Waals surface area contributed by atoms with Gasteiger partial charge in [0.1, 0.15) is 5.75 Å². The molecule has 0 atom stereocenters. The predicted octanol–water partition coefficient (Wildman–Crippen LogP) is 1.85. The van der Waals surface area contributed by atoms with Crippen molar-refractivity contribution in [1.82, 2.24) is 0 Å². The van der Waals surface area contributed by atoms with E-state index in [1.165, 1.54) is 6.07 Å². The second-order valence-electron chi connectivity index (χ2n) is 3.21. The highest BCUT2D eigenvalue weighted by molar-refractivity contribution is 5.89. The van der Waals surface area contributed by atoms with E-state index in [4.69, 9.17) is 9.84 Å². The molecule has 0 heterocycles. The molecular formula is C11H15NO3. The molecule has 0 unspecified atom stereocenters. The van der Waals surface area contributed by atoms with Crippen LogP contribution in [0.1, 0.15) is 17.3 Å². The van der Waals surface area contributed by atoms with Gasteiger partial charge in [-0.25, -0.2) is 4.79 Å². The molecule has 0 saturated carbocycles. The van der Waals surface area contributed by atoms with Gasteiger partial charge in [0.2, 0.25) is 0 Å². The van der Waals surface area contributed by atoms with Crippen molar-refractivity contribution < 1.29 is 14.6 Å². The van der Waals surface area contributed by atoms with Gasteiger partial charge in [-0.1, -0.05) is 0 Å². The highest BCUT2D eigenvalue weighted by Gasteiger charge is 2.11. The largest absolute Gasteiger partial charge is 0.495 e. The Morgan fingerprint density at radius 2 is 2.20 bits per heavy atom. The van der Waals surface area contributed by atoms with Gasteiger partial charge in [-0.15, -0.1) is 0 Å². The Kier molecular flexibility index (Phi) is 3.55. The lowest BCUT2D eigenvalue weighted by molar-refractivity contribution is 0.0697. The first-order valence-corrected chi connectivity index (χ1v) is 4.72. The smallest absolute Gasteiger partial charge is 0.335 e. The van der Waals surface area contributed by atoms with Gasteiger partial charge in [0.05, 0.1) is 18.4 Å². The Morgan fingerprint density at radius 1 is 1.53 bits per heavy atom. The van der Waals surface area contributed by atoms with Crippen molar-refractivity contribution in [3.8, 4) is 5.75 Å². The van der Waals surface area contributed by atoms with Gasteiger partial charge in [-0.3, -0.25) is 0 Å². The maximum atomic E-state index is 10.8. The van der Waals surface area contributed by atoms with Crippen LogP contribution in [-0.2, 0) is 0 Å². The van der Waals surface area contributed by atoms with Gasteiger partial charge in [0.25, 0.3) is 0 Å². The molecule has 0 amide bonds. The van der Waals surface area contributed by atoms with Crippen molar-refractivity contribution in [3.63, 3.8) is 0 Å². The summed E-state index contributed by atoms with van der Waals surface area (Å²) in [7, 11) is 3.46. The molecule has 0 aliphatic carbocycles. The first-order valence-electron chi connectivity index (χ1n) is 4.72. The number of nitrogens with zero attached hydrogens (tertiary/aromatic N) is 1. The fourth-order valence-corrected chi connectivity index (χ4v) is 1.29. The van der Waals surface area contributed by atoms with Crippen LogP contribution in [0.3, 0.4) is 0 Å². The number of benzene rings is 1. The van der Waals surface area contributed by atoms with Gasteiger partial charge in [0, 0.05) is 13.6 Å². The molecule has 1 rings (SSSR count). The van der Waals surface area contributed by atoms with E-state index in [1.54, 1.807) is 19.2 Å². The van der Waals surface area contributed by atoms with Crippen LogP contribution in [0.2, 0.25) is 0 Å². The zero-order valence-corrected chi connectivity index (χ0v) is 9.15. The van der Waals surface area contributed by atoms with E-state index in [0.29, 0.717) is 5.75 Å². The summed E-state index contributed by atoms with van der Waals surface area (Å²) in [5, 5.41) is 8.87. The summed E-state index contributed by atoms with van der Waals surface area (Å²) in [6.07, 6.45) is 0. The molecule has 0 bridgehead atoms. The second kappa shape index (κ2) is 4.68. The molecule has 4 nitrogen and oxygen atoms in total. The molecule has 1 N–H and O–H groups in total. The lowest BCUT2D eigenvalue weighted by Gasteiger charge is -2.20. The van der Waals surface area contributed by atoms with E-state index in [-0.39, 0.29) is 5.56 Å². The van der Waals surface area contributed by atoms with E-state index in [1.807, 2.05) is 18.9 Å². The fraction of sp³-hybridized carbons (Fsp3) is 0.364. The molecule has 0 radical (unpaired) electrons. The highest BCUT2D eigenvalue weighted by Crippen LogP contribution is 2.28. The zero-order chi connectivity index (χ0) is 11.4. The summed E-state index contributed by atoms with van der Waals surface area (Å²) in [4.78, 5) is 12.7. The number of ether oxygens (including phenoxy) is 1. The average Bonchev–Trinajstić information content (AvgIpc) is 2.27. The first-order chi connectivity index (χ1) is 7.10. The zero-order valence-electron chi connectivity index (χ0n) is 9.15. The van der Waals surface area contributed by atoms with E-state index in [0.717, 1.165) is 12.2 Å². The number of carboxylic acid groups (broad SMARTS) is 1. The van der Waals surface area contributed by atoms with Crippen molar-refractivity contribution in [2.75, 3.05) is 25.6 Å². The first kappa shape index (κ1) is 11.4. The number of rotatable bonds is 4. The van der Waals surface area contributed by atoms with E-state index < -0.39 is 5.97 Å². The Labute approximate surface area is 89.1 Å². The number of anilines is 1. The second-order valence-corrected chi connectivity index (χ2v) is 3.21. The van der Waals surface area contributed by atoms with Crippen LogP contribution in [0.15, 0.2) is 18.2 Å². The maximum absolute atomic E-state index is 10.8. The van der Waals surface area contributed by atoms with Gasteiger partial charge in [-0.05, 0) is 25.1 Å². The monoisotopic (exact) mass is 209 g/mol. The van der Waals surface area contributed by atoms with Crippen LogP contribution in [0.5, 0.6) is 5.75 Å². The minimum Gasteiger partial charge on any atom is -0.495 e. The lowest BCUT2D eigenvalue weighted by atomic mass is 10.1. The summed E-state index contributed by atoms with van der Waals surface area (Å²) in [5.41, 5.74) is 1.06. The third kappa shape index (κ3) is 2.40. The Bertz CT molecular complexity index is 363. The van der Waals surface area contributed by atoms with Crippen molar-refractivity contribution in [3.05, 3.63) is 23.8 Å². The van der Waals surface area contributed by atoms with Crippen LogP contribution < -0.4 is 9.64 Å². The number of methoxy groups -OCH3 is 1.